The van der Waals surface area contributed by atoms with Crippen molar-refractivity contribution >= 4 is 5.91 Å². The van der Waals surface area contributed by atoms with Crippen LogP contribution >= 0.6 is 0 Å². The lowest BCUT2D eigenvalue weighted by Gasteiger charge is -2.35. The summed E-state index contributed by atoms with van der Waals surface area (Å²) < 4.78 is 13.8. The van der Waals surface area contributed by atoms with Crippen LogP contribution in [0.15, 0.2) is 24.3 Å². The maximum Gasteiger partial charge on any atom is 0.234 e. The molecule has 0 aromatic heterocycles. The van der Waals surface area contributed by atoms with Crippen LogP contribution in [-0.2, 0) is 11.3 Å². The van der Waals surface area contributed by atoms with Crippen LogP contribution in [0.2, 0.25) is 0 Å². The molecule has 2 fully saturated rings. The van der Waals surface area contributed by atoms with Crippen molar-refractivity contribution in [2.75, 3.05) is 32.7 Å². The molecule has 2 atom stereocenters. The van der Waals surface area contributed by atoms with Crippen LogP contribution in [0.25, 0.3) is 0 Å². The van der Waals surface area contributed by atoms with E-state index in [-0.39, 0.29) is 11.7 Å². The lowest BCUT2D eigenvalue weighted by Crippen LogP contribution is -2.51. The highest BCUT2D eigenvalue weighted by Crippen LogP contribution is 2.23. The zero-order valence-corrected chi connectivity index (χ0v) is 15.2. The third-order valence-electron chi connectivity index (χ3n) is 5.64. The Kier molecular flexibility index (Phi) is 6.43. The van der Waals surface area contributed by atoms with Gasteiger partial charge in [-0.25, -0.2) is 4.39 Å². The minimum absolute atomic E-state index is 0.133. The van der Waals surface area contributed by atoms with Crippen LogP contribution in [0, 0.1) is 11.7 Å². The van der Waals surface area contributed by atoms with Crippen LogP contribution in [0.3, 0.4) is 0 Å². The van der Waals surface area contributed by atoms with Crippen LogP contribution < -0.4 is 5.32 Å². The van der Waals surface area contributed by atoms with Gasteiger partial charge in [-0.05, 0) is 24.8 Å². The number of piperazine rings is 1. The number of nitrogens with zero attached hydrogens (tertiary/aromatic N) is 2. The van der Waals surface area contributed by atoms with Gasteiger partial charge in [0.1, 0.15) is 5.82 Å². The average Bonchev–Trinajstić information content (AvgIpc) is 2.61. The molecule has 5 heteroatoms. The van der Waals surface area contributed by atoms with Crippen LogP contribution in [0.4, 0.5) is 4.39 Å². The Labute approximate surface area is 150 Å². The van der Waals surface area contributed by atoms with E-state index >= 15 is 0 Å². The third kappa shape index (κ3) is 5.25. The van der Waals surface area contributed by atoms with Gasteiger partial charge in [0.25, 0.3) is 0 Å². The van der Waals surface area contributed by atoms with E-state index in [2.05, 4.69) is 22.0 Å². The molecule has 0 spiro atoms. The Hall–Kier alpha value is -1.46. The average molecular weight is 347 g/mol. The summed E-state index contributed by atoms with van der Waals surface area (Å²) in [5.74, 6) is 0.613. The predicted octanol–water partition coefficient (Wildman–Crippen LogP) is 2.64. The normalized spacial score (nSPS) is 25.7. The Morgan fingerprint density at radius 1 is 1.12 bits per heavy atom. The van der Waals surface area contributed by atoms with Crippen LogP contribution in [-0.4, -0.2) is 54.5 Å². The Morgan fingerprint density at radius 2 is 1.80 bits per heavy atom. The molecule has 1 aliphatic carbocycles. The first-order valence-electron chi connectivity index (χ1n) is 9.59. The van der Waals surface area contributed by atoms with Gasteiger partial charge in [-0.1, -0.05) is 38.0 Å². The molecule has 1 aromatic carbocycles. The summed E-state index contributed by atoms with van der Waals surface area (Å²) in [6.45, 7) is 6.85. The van der Waals surface area contributed by atoms with E-state index in [1.165, 1.54) is 25.3 Å². The maximum absolute atomic E-state index is 13.8. The molecule has 2 aliphatic rings. The number of nitrogens with one attached hydrogen (secondary N) is 1. The first-order valence-corrected chi connectivity index (χ1v) is 9.59. The second kappa shape index (κ2) is 8.77. The quantitative estimate of drug-likeness (QED) is 0.889. The number of hydrogen-bond acceptors (Lipinski definition) is 3. The highest BCUT2D eigenvalue weighted by molar-refractivity contribution is 5.78. The fourth-order valence-electron chi connectivity index (χ4n) is 3.96. The second-order valence-electron chi connectivity index (χ2n) is 7.58. The predicted molar refractivity (Wildman–Crippen MR) is 97.7 cm³/mol. The zero-order valence-electron chi connectivity index (χ0n) is 15.2. The molecule has 1 aliphatic heterocycles. The van der Waals surface area contributed by atoms with Gasteiger partial charge in [0, 0.05) is 44.3 Å². The van der Waals surface area contributed by atoms with Gasteiger partial charge in [0.15, 0.2) is 0 Å². The minimum atomic E-state index is -0.133. The van der Waals surface area contributed by atoms with Gasteiger partial charge in [0.2, 0.25) is 5.91 Å². The van der Waals surface area contributed by atoms with E-state index in [9.17, 15) is 9.18 Å². The molecule has 0 unspecified atom stereocenters. The molecule has 0 radical (unpaired) electrons. The lowest BCUT2D eigenvalue weighted by atomic mass is 9.86. The molecule has 138 valence electrons. The standard InChI is InChI=1S/C20H30FN3O/c1-16-6-2-5-9-19(16)22-20(25)15-24-12-10-23(11-13-24)14-17-7-3-4-8-18(17)21/h3-4,7-8,16,19H,2,5-6,9-15H2,1H3,(H,22,25)/t16-,19-/m1/s1. The molecule has 1 aromatic rings. The SMILES string of the molecule is C[C@@H]1CCCC[C@H]1NC(=O)CN1CCN(Cc2ccccc2F)CC1. The van der Waals surface area contributed by atoms with E-state index in [1.807, 2.05) is 12.1 Å². The van der Waals surface area contributed by atoms with Crippen molar-refractivity contribution in [3.8, 4) is 0 Å². The number of carbonyl (C=O) groups is 1. The number of halogens is 1. The smallest absolute Gasteiger partial charge is 0.234 e. The second-order valence-corrected chi connectivity index (χ2v) is 7.58. The summed E-state index contributed by atoms with van der Waals surface area (Å²) in [5.41, 5.74) is 0.750. The molecule has 0 bridgehead atoms. The summed E-state index contributed by atoms with van der Waals surface area (Å²) in [6.07, 6.45) is 4.85. The van der Waals surface area contributed by atoms with E-state index in [1.54, 1.807) is 6.07 Å². The lowest BCUT2D eigenvalue weighted by molar-refractivity contribution is -0.124. The van der Waals surface area contributed by atoms with Crippen molar-refractivity contribution in [1.82, 2.24) is 15.1 Å². The van der Waals surface area contributed by atoms with Gasteiger partial charge in [-0.15, -0.1) is 0 Å². The molecular weight excluding hydrogens is 317 g/mol. The monoisotopic (exact) mass is 347 g/mol. The molecule has 1 amide bonds. The summed E-state index contributed by atoms with van der Waals surface area (Å²) in [5, 5.41) is 3.23. The fraction of sp³-hybridized carbons (Fsp3) is 0.650. The van der Waals surface area contributed by atoms with Crippen molar-refractivity contribution in [2.45, 2.75) is 45.2 Å². The van der Waals surface area contributed by atoms with Crippen molar-refractivity contribution in [1.29, 1.82) is 0 Å². The molecular formula is C20H30FN3O. The van der Waals surface area contributed by atoms with Crippen LogP contribution in [0.5, 0.6) is 0 Å². The summed E-state index contributed by atoms with van der Waals surface area (Å²) in [6, 6.07) is 7.32. The van der Waals surface area contributed by atoms with Crippen molar-refractivity contribution < 1.29 is 9.18 Å². The van der Waals surface area contributed by atoms with Crippen LogP contribution in [0.1, 0.15) is 38.2 Å². The largest absolute Gasteiger partial charge is 0.352 e. The maximum atomic E-state index is 13.8. The Balaban J connectivity index is 1.40. The third-order valence-corrected chi connectivity index (χ3v) is 5.64. The Bertz CT molecular complexity index is 572. The summed E-state index contributed by atoms with van der Waals surface area (Å²) in [4.78, 5) is 16.8. The van der Waals surface area contributed by atoms with E-state index in [0.29, 0.717) is 25.0 Å². The van der Waals surface area contributed by atoms with Gasteiger partial charge in [-0.3, -0.25) is 14.6 Å². The minimum Gasteiger partial charge on any atom is -0.352 e. The van der Waals surface area contributed by atoms with Gasteiger partial charge >= 0.3 is 0 Å². The van der Waals surface area contributed by atoms with Crippen molar-refractivity contribution in [3.63, 3.8) is 0 Å². The molecule has 1 N–H and O–H groups in total. The van der Waals surface area contributed by atoms with Gasteiger partial charge in [-0.2, -0.15) is 0 Å². The van der Waals surface area contributed by atoms with Gasteiger partial charge < -0.3 is 5.32 Å². The highest BCUT2D eigenvalue weighted by Gasteiger charge is 2.24. The van der Waals surface area contributed by atoms with E-state index < -0.39 is 0 Å². The fourth-order valence-corrected chi connectivity index (χ4v) is 3.96. The molecule has 1 saturated heterocycles. The first-order chi connectivity index (χ1) is 12.1. The topological polar surface area (TPSA) is 35.6 Å². The molecule has 1 saturated carbocycles. The highest BCUT2D eigenvalue weighted by atomic mass is 19.1. The summed E-state index contributed by atoms with van der Waals surface area (Å²) in [7, 11) is 0. The number of hydrogen-bond donors (Lipinski definition) is 1. The Morgan fingerprint density at radius 3 is 2.52 bits per heavy atom. The number of benzene rings is 1. The summed E-state index contributed by atoms with van der Waals surface area (Å²) >= 11 is 0. The number of amides is 1. The van der Waals surface area contributed by atoms with Gasteiger partial charge in [0.05, 0.1) is 6.54 Å². The van der Waals surface area contributed by atoms with Crippen molar-refractivity contribution in [2.24, 2.45) is 5.92 Å². The van der Waals surface area contributed by atoms with E-state index in [0.717, 1.165) is 38.2 Å². The molecule has 1 heterocycles. The number of carbonyl (C=O) groups excluding carboxylic acids is 1. The molecule has 4 nitrogen and oxygen atoms in total. The number of rotatable bonds is 5. The van der Waals surface area contributed by atoms with E-state index in [4.69, 9.17) is 0 Å². The van der Waals surface area contributed by atoms with Crippen molar-refractivity contribution in [3.05, 3.63) is 35.6 Å². The molecule has 3 rings (SSSR count). The first kappa shape index (κ1) is 18.3. The molecule has 25 heavy (non-hydrogen) atoms. The zero-order chi connectivity index (χ0) is 17.6.